The number of nitrogens with zero attached hydrogens (tertiary/aromatic N) is 1. The molecule has 0 saturated heterocycles. The molecular weight excluding hydrogens is 398 g/mol. The van der Waals surface area contributed by atoms with Gasteiger partial charge in [0.15, 0.2) is 0 Å². The lowest BCUT2D eigenvalue weighted by atomic mass is 10.1. The first kappa shape index (κ1) is 22.1. The number of hydrogen-bond acceptors (Lipinski definition) is 3. The predicted molar refractivity (Wildman–Crippen MR) is 120 cm³/mol. The van der Waals surface area contributed by atoms with E-state index in [1.165, 1.54) is 4.31 Å². The molecule has 3 aromatic rings. The smallest absolute Gasteiger partial charge is 0.251 e. The molecule has 1 amide bonds. The molecule has 160 valence electrons. The molecule has 1 aromatic heterocycles. The summed E-state index contributed by atoms with van der Waals surface area (Å²) in [7, 11) is -3.49. The number of aryl methyl sites for hydroxylation is 2. The summed E-state index contributed by atoms with van der Waals surface area (Å²) in [5, 5.41) is 4.04. The molecule has 6 nitrogen and oxygen atoms in total. The molecule has 0 spiro atoms. The molecule has 0 fully saturated rings. The molecule has 1 atom stereocenters. The number of rotatable bonds is 7. The van der Waals surface area contributed by atoms with E-state index in [-0.39, 0.29) is 16.8 Å². The summed E-state index contributed by atoms with van der Waals surface area (Å²) in [4.78, 5) is 16.3. The molecule has 0 bridgehead atoms. The van der Waals surface area contributed by atoms with E-state index in [0.717, 1.165) is 27.7 Å². The minimum Gasteiger partial charge on any atom is -0.358 e. The maximum atomic E-state index is 12.8. The number of amides is 1. The number of H-pyrrole nitrogens is 1. The fraction of sp³-hybridized carbons (Fsp3) is 0.348. The lowest BCUT2D eigenvalue weighted by Gasteiger charge is -2.19. The van der Waals surface area contributed by atoms with Gasteiger partial charge in [-0.1, -0.05) is 26.0 Å². The van der Waals surface area contributed by atoms with Gasteiger partial charge in [-0.3, -0.25) is 4.79 Å². The molecule has 0 aliphatic heterocycles. The van der Waals surface area contributed by atoms with Crippen molar-refractivity contribution in [3.05, 3.63) is 64.8 Å². The van der Waals surface area contributed by atoms with Crippen molar-refractivity contribution in [1.29, 1.82) is 0 Å². The van der Waals surface area contributed by atoms with E-state index < -0.39 is 10.0 Å². The van der Waals surface area contributed by atoms with E-state index in [1.807, 2.05) is 46.8 Å². The maximum absolute atomic E-state index is 12.8. The van der Waals surface area contributed by atoms with Crippen LogP contribution in [0.5, 0.6) is 0 Å². The largest absolute Gasteiger partial charge is 0.358 e. The number of fused-ring (bicyclic) bond motifs is 1. The van der Waals surface area contributed by atoms with Gasteiger partial charge < -0.3 is 10.3 Å². The minimum atomic E-state index is -3.49. The number of hydrogen-bond donors (Lipinski definition) is 2. The van der Waals surface area contributed by atoms with Gasteiger partial charge in [-0.05, 0) is 62.2 Å². The van der Waals surface area contributed by atoms with Gasteiger partial charge in [-0.2, -0.15) is 4.31 Å². The Bertz CT molecular complexity index is 1160. The lowest BCUT2D eigenvalue weighted by molar-refractivity contribution is 0.0940. The molecule has 7 heteroatoms. The zero-order chi connectivity index (χ0) is 22.1. The van der Waals surface area contributed by atoms with Crippen LogP contribution in [0.15, 0.2) is 47.4 Å². The molecule has 0 aliphatic carbocycles. The Morgan fingerprint density at radius 3 is 2.30 bits per heavy atom. The lowest BCUT2D eigenvalue weighted by Crippen LogP contribution is -2.30. The number of benzene rings is 2. The van der Waals surface area contributed by atoms with Crippen molar-refractivity contribution in [1.82, 2.24) is 14.6 Å². The van der Waals surface area contributed by atoms with Gasteiger partial charge in [-0.15, -0.1) is 0 Å². The second kappa shape index (κ2) is 8.62. The normalized spacial score (nSPS) is 13.0. The van der Waals surface area contributed by atoms with Crippen molar-refractivity contribution in [2.24, 2.45) is 0 Å². The highest BCUT2D eigenvalue weighted by molar-refractivity contribution is 7.89. The third-order valence-corrected chi connectivity index (χ3v) is 7.71. The van der Waals surface area contributed by atoms with Crippen molar-refractivity contribution in [3.63, 3.8) is 0 Å². The zero-order valence-electron chi connectivity index (χ0n) is 18.1. The van der Waals surface area contributed by atoms with Gasteiger partial charge in [0, 0.05) is 35.2 Å². The molecule has 0 aliphatic rings. The third-order valence-electron chi connectivity index (χ3n) is 5.64. The Balaban J connectivity index is 1.76. The highest BCUT2D eigenvalue weighted by atomic mass is 32.2. The summed E-state index contributed by atoms with van der Waals surface area (Å²) < 4.78 is 26.7. The van der Waals surface area contributed by atoms with Crippen LogP contribution in [0.2, 0.25) is 0 Å². The maximum Gasteiger partial charge on any atom is 0.251 e. The Kier molecular flexibility index (Phi) is 6.33. The van der Waals surface area contributed by atoms with E-state index in [9.17, 15) is 13.2 Å². The van der Waals surface area contributed by atoms with Gasteiger partial charge in [-0.25, -0.2) is 8.42 Å². The molecule has 30 heavy (non-hydrogen) atoms. The van der Waals surface area contributed by atoms with Crippen LogP contribution in [0.3, 0.4) is 0 Å². The monoisotopic (exact) mass is 427 g/mol. The van der Waals surface area contributed by atoms with Crippen molar-refractivity contribution >= 4 is 26.8 Å². The van der Waals surface area contributed by atoms with Crippen LogP contribution in [0, 0.1) is 13.8 Å². The van der Waals surface area contributed by atoms with Crippen LogP contribution >= 0.6 is 0 Å². The van der Waals surface area contributed by atoms with Gasteiger partial charge in [0.2, 0.25) is 10.0 Å². The zero-order valence-corrected chi connectivity index (χ0v) is 18.9. The summed E-state index contributed by atoms with van der Waals surface area (Å²) in [6.45, 7) is 10.4. The number of aromatic nitrogens is 1. The molecule has 1 unspecified atom stereocenters. The van der Waals surface area contributed by atoms with Crippen LogP contribution in [-0.2, 0) is 10.0 Å². The summed E-state index contributed by atoms with van der Waals surface area (Å²) in [5.41, 5.74) is 4.68. The summed E-state index contributed by atoms with van der Waals surface area (Å²) in [6, 6.07) is 12.1. The molecule has 0 saturated carbocycles. The van der Waals surface area contributed by atoms with E-state index in [0.29, 0.717) is 18.7 Å². The van der Waals surface area contributed by atoms with Gasteiger partial charge in [0.25, 0.3) is 5.91 Å². The molecule has 0 radical (unpaired) electrons. The number of sulfonamides is 1. The van der Waals surface area contributed by atoms with Crippen molar-refractivity contribution in [2.75, 3.05) is 13.1 Å². The van der Waals surface area contributed by atoms with Crippen LogP contribution < -0.4 is 5.32 Å². The third kappa shape index (κ3) is 4.13. The minimum absolute atomic E-state index is 0.164. The van der Waals surface area contributed by atoms with E-state index in [1.54, 1.807) is 30.3 Å². The van der Waals surface area contributed by atoms with Crippen molar-refractivity contribution in [3.8, 4) is 0 Å². The van der Waals surface area contributed by atoms with Crippen LogP contribution in [0.1, 0.15) is 54.0 Å². The Morgan fingerprint density at radius 1 is 1.07 bits per heavy atom. The fourth-order valence-corrected chi connectivity index (χ4v) is 5.06. The number of carbonyl (C=O) groups excluding carboxylic acids is 1. The van der Waals surface area contributed by atoms with Gasteiger partial charge in [0.1, 0.15) is 0 Å². The van der Waals surface area contributed by atoms with E-state index in [2.05, 4.69) is 10.3 Å². The summed E-state index contributed by atoms with van der Waals surface area (Å²) in [6.07, 6.45) is 0. The second-order valence-corrected chi connectivity index (χ2v) is 9.43. The molecule has 3 rings (SSSR count). The SMILES string of the molecule is CCN(CC)S(=O)(=O)c1ccc(C(C)NC(=O)c2ccc3[nH]c(C)c(C)c3c2)cc1. The highest BCUT2D eigenvalue weighted by Gasteiger charge is 2.22. The van der Waals surface area contributed by atoms with E-state index in [4.69, 9.17) is 0 Å². The second-order valence-electron chi connectivity index (χ2n) is 7.49. The highest BCUT2D eigenvalue weighted by Crippen LogP contribution is 2.23. The van der Waals surface area contributed by atoms with Crippen LogP contribution in [-0.4, -0.2) is 36.7 Å². The first-order valence-electron chi connectivity index (χ1n) is 10.2. The average molecular weight is 428 g/mol. The summed E-state index contributed by atoms with van der Waals surface area (Å²) >= 11 is 0. The molecular formula is C23H29N3O3S. The Labute approximate surface area is 178 Å². The standard InChI is InChI=1S/C23H29N3O3S/c1-6-26(7-2)30(28,29)20-11-8-18(9-12-20)17(5)25-23(27)19-10-13-22-21(14-19)15(3)16(4)24-22/h8-14,17,24H,6-7H2,1-5H3,(H,25,27). The predicted octanol–water partition coefficient (Wildman–Crippen LogP) is 4.31. The first-order chi connectivity index (χ1) is 14.2. The van der Waals surface area contributed by atoms with Gasteiger partial charge >= 0.3 is 0 Å². The Hall–Kier alpha value is -2.64. The Morgan fingerprint density at radius 2 is 1.70 bits per heavy atom. The topological polar surface area (TPSA) is 82.3 Å². The summed E-state index contributed by atoms with van der Waals surface area (Å²) in [5.74, 6) is -0.164. The van der Waals surface area contributed by atoms with E-state index >= 15 is 0 Å². The molecule has 2 aromatic carbocycles. The van der Waals surface area contributed by atoms with Crippen LogP contribution in [0.4, 0.5) is 0 Å². The van der Waals surface area contributed by atoms with Crippen molar-refractivity contribution < 1.29 is 13.2 Å². The van der Waals surface area contributed by atoms with Gasteiger partial charge in [0.05, 0.1) is 10.9 Å². The number of aromatic amines is 1. The number of carbonyl (C=O) groups is 1. The number of nitrogens with one attached hydrogen (secondary N) is 2. The molecule has 2 N–H and O–H groups in total. The van der Waals surface area contributed by atoms with Crippen LogP contribution in [0.25, 0.3) is 10.9 Å². The first-order valence-corrected chi connectivity index (χ1v) is 11.6. The fourth-order valence-electron chi connectivity index (χ4n) is 3.61. The molecule has 1 heterocycles. The van der Waals surface area contributed by atoms with Crippen molar-refractivity contribution in [2.45, 2.75) is 45.6 Å². The average Bonchev–Trinajstić information content (AvgIpc) is 3.02. The quantitative estimate of drug-likeness (QED) is 0.590.